The molecule has 2 aromatic carbocycles. The minimum Gasteiger partial charge on any atom is -0.507 e. The Morgan fingerprint density at radius 3 is 2.44 bits per heavy atom. The van der Waals surface area contributed by atoms with Crippen molar-refractivity contribution < 1.29 is 9.84 Å². The van der Waals surface area contributed by atoms with Crippen LogP contribution in [0.4, 0.5) is 0 Å². The Balaban J connectivity index is 2.40. The van der Waals surface area contributed by atoms with Crippen molar-refractivity contribution in [3.8, 4) is 11.4 Å². The Morgan fingerprint density at radius 1 is 1.16 bits per heavy atom. The lowest BCUT2D eigenvalue weighted by atomic mass is 10.1. The first-order chi connectivity index (χ1) is 11.9. The minimum atomic E-state index is -0.144. The number of nitrogens with zero attached hydrogens (tertiary/aromatic N) is 2. The number of aromatic nitrogens is 2. The predicted octanol–water partition coefficient (Wildman–Crippen LogP) is 3.67. The lowest BCUT2D eigenvalue weighted by molar-refractivity contribution is 0.183. The van der Waals surface area contributed by atoms with Crippen LogP contribution in [0.25, 0.3) is 16.6 Å². The molecule has 0 aliphatic heterocycles. The molecule has 1 heterocycles. The van der Waals surface area contributed by atoms with E-state index in [1.54, 1.807) is 17.7 Å². The first-order valence-corrected chi connectivity index (χ1v) is 8.27. The molecular weight excluding hydrogens is 316 g/mol. The van der Waals surface area contributed by atoms with E-state index >= 15 is 0 Å². The van der Waals surface area contributed by atoms with Crippen molar-refractivity contribution in [2.75, 3.05) is 7.11 Å². The van der Waals surface area contributed by atoms with Crippen molar-refractivity contribution in [3.05, 3.63) is 63.7 Å². The maximum absolute atomic E-state index is 13.2. The van der Waals surface area contributed by atoms with Crippen molar-refractivity contribution in [3.63, 3.8) is 0 Å². The summed E-state index contributed by atoms with van der Waals surface area (Å²) in [6.45, 7) is 6.20. The normalized spacial score (nSPS) is 11.4. The molecule has 25 heavy (non-hydrogen) atoms. The molecule has 0 aliphatic rings. The number of aryl methyl sites for hydroxylation is 1. The summed E-state index contributed by atoms with van der Waals surface area (Å²) in [6.07, 6.45) is 0. The van der Waals surface area contributed by atoms with E-state index in [4.69, 9.17) is 9.72 Å². The van der Waals surface area contributed by atoms with Gasteiger partial charge in [-0.2, -0.15) is 0 Å². The SMILES string of the molecule is COCc1c(O)ccc2c(=O)n(-c3ccc(C)cc3)c(C(C)C)nc12. The molecule has 0 unspecified atom stereocenters. The number of phenolic OH excluding ortho intramolecular Hbond substituents is 1. The van der Waals surface area contributed by atoms with Crippen molar-refractivity contribution in [2.45, 2.75) is 33.3 Å². The lowest BCUT2D eigenvalue weighted by Gasteiger charge is -2.17. The number of phenols is 1. The average Bonchev–Trinajstić information content (AvgIpc) is 2.58. The van der Waals surface area contributed by atoms with Gasteiger partial charge in [0, 0.05) is 18.6 Å². The predicted molar refractivity (Wildman–Crippen MR) is 98.5 cm³/mol. The summed E-state index contributed by atoms with van der Waals surface area (Å²) in [5.41, 5.74) is 2.81. The minimum absolute atomic E-state index is 0.0381. The molecule has 3 aromatic rings. The molecule has 5 heteroatoms. The van der Waals surface area contributed by atoms with Gasteiger partial charge in [-0.3, -0.25) is 9.36 Å². The van der Waals surface area contributed by atoms with Crippen LogP contribution in [0.1, 0.15) is 36.7 Å². The van der Waals surface area contributed by atoms with Crippen molar-refractivity contribution in [1.29, 1.82) is 0 Å². The van der Waals surface area contributed by atoms with Crippen LogP contribution in [0.3, 0.4) is 0 Å². The van der Waals surface area contributed by atoms with Crippen molar-refractivity contribution in [1.82, 2.24) is 9.55 Å². The van der Waals surface area contributed by atoms with Crippen molar-refractivity contribution in [2.24, 2.45) is 0 Å². The van der Waals surface area contributed by atoms with Gasteiger partial charge in [0.1, 0.15) is 11.6 Å². The molecule has 0 bridgehead atoms. The first-order valence-electron chi connectivity index (χ1n) is 8.27. The van der Waals surface area contributed by atoms with Gasteiger partial charge in [-0.1, -0.05) is 31.5 Å². The summed E-state index contributed by atoms with van der Waals surface area (Å²) >= 11 is 0. The second-order valence-corrected chi connectivity index (χ2v) is 6.49. The number of aromatic hydroxyl groups is 1. The number of rotatable bonds is 4. The van der Waals surface area contributed by atoms with Gasteiger partial charge in [0.15, 0.2) is 0 Å². The summed E-state index contributed by atoms with van der Waals surface area (Å²) in [5, 5.41) is 10.6. The largest absolute Gasteiger partial charge is 0.507 e. The second-order valence-electron chi connectivity index (χ2n) is 6.49. The Kier molecular flexibility index (Phi) is 4.59. The molecule has 1 N–H and O–H groups in total. The Morgan fingerprint density at radius 2 is 1.84 bits per heavy atom. The molecule has 0 saturated heterocycles. The van der Waals surface area contributed by atoms with E-state index in [1.165, 1.54) is 6.07 Å². The standard InChI is InChI=1S/C20H22N2O3/c1-12(2)19-21-18-15(9-10-17(23)16(18)11-25-4)20(24)22(19)14-7-5-13(3)6-8-14/h5-10,12,23H,11H2,1-4H3. The molecule has 0 saturated carbocycles. The zero-order valence-electron chi connectivity index (χ0n) is 14.9. The van der Waals surface area contributed by atoms with Crippen LogP contribution in [0.5, 0.6) is 5.75 Å². The fourth-order valence-electron chi connectivity index (χ4n) is 2.93. The number of methoxy groups -OCH3 is 1. The highest BCUT2D eigenvalue weighted by molar-refractivity contribution is 5.83. The molecule has 0 spiro atoms. The van der Waals surface area contributed by atoms with Gasteiger partial charge in [0.05, 0.1) is 23.2 Å². The summed E-state index contributed by atoms with van der Waals surface area (Å²) in [4.78, 5) is 17.9. The zero-order valence-corrected chi connectivity index (χ0v) is 14.9. The summed E-state index contributed by atoms with van der Waals surface area (Å²) in [6, 6.07) is 10.9. The average molecular weight is 338 g/mol. The molecule has 0 atom stereocenters. The molecular formula is C20H22N2O3. The fraction of sp³-hybridized carbons (Fsp3) is 0.300. The van der Waals surface area contributed by atoms with E-state index in [9.17, 15) is 9.90 Å². The maximum Gasteiger partial charge on any atom is 0.265 e. The molecule has 3 rings (SSSR count). The van der Waals surface area contributed by atoms with Gasteiger partial charge in [0.2, 0.25) is 0 Å². The van der Waals surface area contributed by atoms with E-state index in [0.717, 1.165) is 11.3 Å². The molecule has 0 radical (unpaired) electrons. The number of benzene rings is 2. The Bertz CT molecular complexity index is 973. The highest BCUT2D eigenvalue weighted by Gasteiger charge is 2.18. The van der Waals surface area contributed by atoms with Crippen LogP contribution in [0.15, 0.2) is 41.2 Å². The topological polar surface area (TPSA) is 64.3 Å². The summed E-state index contributed by atoms with van der Waals surface area (Å²) in [5.74, 6) is 0.782. The monoisotopic (exact) mass is 338 g/mol. The molecule has 0 aliphatic carbocycles. The van der Waals surface area contributed by atoms with Gasteiger partial charge in [-0.25, -0.2) is 4.98 Å². The summed E-state index contributed by atoms with van der Waals surface area (Å²) < 4.78 is 6.83. The van der Waals surface area contributed by atoms with Crippen LogP contribution in [0.2, 0.25) is 0 Å². The third kappa shape index (κ3) is 3.03. The van der Waals surface area contributed by atoms with E-state index < -0.39 is 0 Å². The third-order valence-electron chi connectivity index (χ3n) is 4.24. The van der Waals surface area contributed by atoms with E-state index in [-0.39, 0.29) is 23.8 Å². The maximum atomic E-state index is 13.2. The number of hydrogen-bond acceptors (Lipinski definition) is 4. The number of ether oxygens (including phenoxy) is 1. The van der Waals surface area contributed by atoms with Crippen LogP contribution >= 0.6 is 0 Å². The van der Waals surface area contributed by atoms with Crippen LogP contribution < -0.4 is 5.56 Å². The van der Waals surface area contributed by atoms with E-state index in [0.29, 0.717) is 22.3 Å². The van der Waals surface area contributed by atoms with Crippen molar-refractivity contribution >= 4 is 10.9 Å². The number of hydrogen-bond donors (Lipinski definition) is 1. The van der Waals surface area contributed by atoms with E-state index in [1.807, 2.05) is 45.0 Å². The molecule has 0 amide bonds. The Labute approximate surface area is 146 Å². The van der Waals surface area contributed by atoms with Gasteiger partial charge in [-0.05, 0) is 31.2 Å². The van der Waals surface area contributed by atoms with Crippen LogP contribution in [0, 0.1) is 6.92 Å². The fourth-order valence-corrected chi connectivity index (χ4v) is 2.93. The first kappa shape index (κ1) is 17.2. The lowest BCUT2D eigenvalue weighted by Crippen LogP contribution is -2.25. The van der Waals surface area contributed by atoms with Crippen LogP contribution in [-0.4, -0.2) is 21.8 Å². The quantitative estimate of drug-likeness (QED) is 0.788. The zero-order chi connectivity index (χ0) is 18.1. The second kappa shape index (κ2) is 6.69. The summed E-state index contributed by atoms with van der Waals surface area (Å²) in [7, 11) is 1.55. The molecule has 5 nitrogen and oxygen atoms in total. The Hall–Kier alpha value is -2.66. The molecule has 1 aromatic heterocycles. The smallest absolute Gasteiger partial charge is 0.265 e. The van der Waals surface area contributed by atoms with Crippen LogP contribution in [-0.2, 0) is 11.3 Å². The van der Waals surface area contributed by atoms with Gasteiger partial charge in [-0.15, -0.1) is 0 Å². The van der Waals surface area contributed by atoms with Gasteiger partial charge < -0.3 is 9.84 Å². The molecule has 0 fully saturated rings. The highest BCUT2D eigenvalue weighted by atomic mass is 16.5. The third-order valence-corrected chi connectivity index (χ3v) is 4.24. The van der Waals surface area contributed by atoms with Gasteiger partial charge in [0.25, 0.3) is 5.56 Å². The van der Waals surface area contributed by atoms with E-state index in [2.05, 4.69) is 0 Å². The highest BCUT2D eigenvalue weighted by Crippen LogP contribution is 2.27. The van der Waals surface area contributed by atoms with Gasteiger partial charge >= 0.3 is 0 Å². The molecule has 130 valence electrons. The number of fused-ring (bicyclic) bond motifs is 1.